The van der Waals surface area contributed by atoms with Crippen LogP contribution in [0.3, 0.4) is 0 Å². The van der Waals surface area contributed by atoms with Crippen molar-refractivity contribution in [1.82, 2.24) is 14.8 Å². The van der Waals surface area contributed by atoms with E-state index in [9.17, 15) is 4.79 Å². The summed E-state index contributed by atoms with van der Waals surface area (Å²) in [5, 5.41) is 18.9. The van der Waals surface area contributed by atoms with Crippen molar-refractivity contribution in [3.05, 3.63) is 65.7 Å². The van der Waals surface area contributed by atoms with Gasteiger partial charge in [-0.2, -0.15) is 5.26 Å². The number of rotatable bonds is 5. The van der Waals surface area contributed by atoms with Gasteiger partial charge < -0.3 is 5.32 Å². The van der Waals surface area contributed by atoms with Crippen LogP contribution in [0.1, 0.15) is 17.0 Å². The molecule has 3 rings (SSSR count). The number of hydrogen-bond acceptors (Lipinski definition) is 5. The number of aryl methyl sites for hydroxylation is 2. The van der Waals surface area contributed by atoms with E-state index in [1.54, 1.807) is 11.8 Å². The third kappa shape index (κ3) is 4.29. The Balaban J connectivity index is 1.61. The van der Waals surface area contributed by atoms with Crippen molar-refractivity contribution in [2.45, 2.75) is 30.2 Å². The molecule has 1 heterocycles. The summed E-state index contributed by atoms with van der Waals surface area (Å²) < 4.78 is 1.40. The van der Waals surface area contributed by atoms with E-state index < -0.39 is 0 Å². The van der Waals surface area contributed by atoms with Crippen LogP contribution in [0.4, 0.5) is 5.69 Å². The highest BCUT2D eigenvalue weighted by Crippen LogP contribution is 2.29. The quantitative estimate of drug-likeness (QED) is 0.749. The van der Waals surface area contributed by atoms with Crippen molar-refractivity contribution in [3.8, 4) is 6.07 Å². The molecule has 0 fully saturated rings. The molecule has 1 aromatic heterocycles. The number of hydrogen-bond donors (Lipinski definition) is 1. The van der Waals surface area contributed by atoms with Crippen molar-refractivity contribution < 1.29 is 4.79 Å². The second-order valence-corrected chi connectivity index (χ2v) is 6.96. The molecule has 0 saturated carbocycles. The predicted octanol–water partition coefficient (Wildman–Crippen LogP) is 3.56. The van der Waals surface area contributed by atoms with Gasteiger partial charge in [0.05, 0.1) is 0 Å². The third-order valence-electron chi connectivity index (χ3n) is 3.88. The number of aromatic nitrogens is 3. The van der Waals surface area contributed by atoms with Crippen molar-refractivity contribution in [3.63, 3.8) is 0 Å². The van der Waals surface area contributed by atoms with Crippen LogP contribution >= 0.6 is 11.8 Å². The van der Waals surface area contributed by atoms with Gasteiger partial charge in [0, 0.05) is 15.5 Å². The van der Waals surface area contributed by atoms with Gasteiger partial charge in [0.25, 0.3) is 0 Å². The Labute approximate surface area is 155 Å². The van der Waals surface area contributed by atoms with Gasteiger partial charge in [-0.1, -0.05) is 17.8 Å². The van der Waals surface area contributed by atoms with Crippen LogP contribution in [0.15, 0.2) is 58.6 Å². The molecule has 26 heavy (non-hydrogen) atoms. The van der Waals surface area contributed by atoms with E-state index in [-0.39, 0.29) is 18.3 Å². The fourth-order valence-corrected chi connectivity index (χ4v) is 3.25. The summed E-state index contributed by atoms with van der Waals surface area (Å²) in [5.74, 6) is -0.129. The lowest BCUT2D eigenvalue weighted by Crippen LogP contribution is -2.19. The normalized spacial score (nSPS) is 10.3. The molecule has 130 valence electrons. The van der Waals surface area contributed by atoms with E-state index >= 15 is 0 Å². The molecule has 1 amide bonds. The maximum absolute atomic E-state index is 12.1. The Morgan fingerprint density at radius 2 is 1.88 bits per heavy atom. The second kappa shape index (κ2) is 7.85. The molecule has 0 spiro atoms. The van der Waals surface area contributed by atoms with E-state index in [1.165, 1.54) is 26.9 Å². The lowest BCUT2D eigenvalue weighted by Gasteiger charge is -2.08. The summed E-state index contributed by atoms with van der Waals surface area (Å²) in [7, 11) is 0. The van der Waals surface area contributed by atoms with Gasteiger partial charge in [-0.05, 0) is 61.4 Å². The Hall–Kier alpha value is -3.11. The summed E-state index contributed by atoms with van der Waals surface area (Å²) in [4.78, 5) is 14.4. The van der Waals surface area contributed by atoms with Crippen LogP contribution in [-0.2, 0) is 11.3 Å². The van der Waals surface area contributed by atoms with Crippen LogP contribution in [0.2, 0.25) is 0 Å². The van der Waals surface area contributed by atoms with Gasteiger partial charge in [0.15, 0.2) is 0 Å². The third-order valence-corrected chi connectivity index (χ3v) is 4.88. The van der Waals surface area contributed by atoms with Crippen LogP contribution in [0.25, 0.3) is 0 Å². The van der Waals surface area contributed by atoms with E-state index in [2.05, 4.69) is 47.6 Å². The average Bonchev–Trinajstić information content (AvgIpc) is 3.07. The molecule has 7 heteroatoms. The zero-order chi connectivity index (χ0) is 18.5. The first-order valence-electron chi connectivity index (χ1n) is 7.98. The van der Waals surface area contributed by atoms with E-state index in [1.807, 2.05) is 30.3 Å². The number of anilines is 1. The van der Waals surface area contributed by atoms with Crippen LogP contribution < -0.4 is 5.32 Å². The number of carbonyl (C=O) groups excluding carboxylic acids is 1. The minimum Gasteiger partial charge on any atom is -0.325 e. The average molecular weight is 363 g/mol. The molecule has 0 bridgehead atoms. The molecule has 0 unspecified atom stereocenters. The van der Waals surface area contributed by atoms with E-state index in [4.69, 9.17) is 5.26 Å². The van der Waals surface area contributed by atoms with Crippen molar-refractivity contribution in [2.24, 2.45) is 0 Å². The SMILES string of the molecule is Cc1ccc(Sc2ccc(NC(=O)Cn3cnnc3C#N)cc2)cc1C. The monoisotopic (exact) mass is 363 g/mol. The van der Waals surface area contributed by atoms with Crippen LogP contribution in [-0.4, -0.2) is 20.7 Å². The molecule has 0 atom stereocenters. The first-order valence-corrected chi connectivity index (χ1v) is 8.80. The van der Waals surface area contributed by atoms with Crippen LogP contribution in [0, 0.1) is 25.2 Å². The standard InChI is InChI=1S/C19H17N5OS/c1-13-3-6-17(9-14(13)2)26-16-7-4-15(5-8-16)22-19(25)11-24-12-21-23-18(24)10-20/h3-9,12H,11H2,1-2H3,(H,22,25). The molecule has 1 N–H and O–H groups in total. The summed E-state index contributed by atoms with van der Waals surface area (Å²) >= 11 is 1.68. The van der Waals surface area contributed by atoms with Gasteiger partial charge in [0.1, 0.15) is 18.9 Å². The smallest absolute Gasteiger partial charge is 0.244 e. The molecular formula is C19H17N5OS. The first kappa shape index (κ1) is 17.7. The minimum atomic E-state index is -0.240. The predicted molar refractivity (Wildman–Crippen MR) is 99.8 cm³/mol. The molecule has 0 saturated heterocycles. The Bertz CT molecular complexity index is 972. The second-order valence-electron chi connectivity index (χ2n) is 5.81. The number of amides is 1. The van der Waals surface area contributed by atoms with Crippen molar-refractivity contribution in [1.29, 1.82) is 5.26 Å². The van der Waals surface area contributed by atoms with Gasteiger partial charge in [-0.15, -0.1) is 10.2 Å². The number of nitrogens with zero attached hydrogens (tertiary/aromatic N) is 4. The fraction of sp³-hybridized carbons (Fsp3) is 0.158. The molecule has 6 nitrogen and oxygen atoms in total. The van der Waals surface area contributed by atoms with Crippen molar-refractivity contribution in [2.75, 3.05) is 5.32 Å². The number of benzene rings is 2. The minimum absolute atomic E-state index is 0.00492. The molecule has 0 aliphatic rings. The largest absolute Gasteiger partial charge is 0.325 e. The maximum Gasteiger partial charge on any atom is 0.244 e. The highest BCUT2D eigenvalue weighted by molar-refractivity contribution is 7.99. The molecule has 2 aromatic carbocycles. The van der Waals surface area contributed by atoms with Gasteiger partial charge in [-0.25, -0.2) is 0 Å². The topological polar surface area (TPSA) is 83.6 Å². The molecule has 0 radical (unpaired) electrons. The zero-order valence-electron chi connectivity index (χ0n) is 14.4. The van der Waals surface area contributed by atoms with E-state index in [0.29, 0.717) is 5.69 Å². The molecule has 3 aromatic rings. The Morgan fingerprint density at radius 1 is 1.15 bits per heavy atom. The van der Waals surface area contributed by atoms with E-state index in [0.717, 1.165) is 4.90 Å². The van der Waals surface area contributed by atoms with Crippen LogP contribution in [0.5, 0.6) is 0 Å². The summed E-state index contributed by atoms with van der Waals surface area (Å²) in [6, 6.07) is 15.9. The van der Waals surface area contributed by atoms with Gasteiger partial charge in [-0.3, -0.25) is 9.36 Å². The number of carbonyl (C=O) groups is 1. The number of nitriles is 1. The maximum atomic E-state index is 12.1. The molecular weight excluding hydrogens is 346 g/mol. The number of nitrogens with one attached hydrogen (secondary N) is 1. The van der Waals surface area contributed by atoms with Crippen molar-refractivity contribution >= 4 is 23.4 Å². The Morgan fingerprint density at radius 3 is 2.58 bits per heavy atom. The molecule has 0 aliphatic heterocycles. The Kier molecular flexibility index (Phi) is 5.34. The van der Waals surface area contributed by atoms with Gasteiger partial charge in [0.2, 0.25) is 11.7 Å². The summed E-state index contributed by atoms with van der Waals surface area (Å²) in [6.45, 7) is 4.20. The van der Waals surface area contributed by atoms with Gasteiger partial charge >= 0.3 is 0 Å². The lowest BCUT2D eigenvalue weighted by atomic mass is 10.1. The summed E-state index contributed by atoms with van der Waals surface area (Å²) in [6.07, 6.45) is 1.36. The fourth-order valence-electron chi connectivity index (χ4n) is 2.33. The zero-order valence-corrected chi connectivity index (χ0v) is 15.2. The lowest BCUT2D eigenvalue weighted by molar-refractivity contribution is -0.116. The highest BCUT2D eigenvalue weighted by atomic mass is 32.2. The summed E-state index contributed by atoms with van der Waals surface area (Å²) in [5.41, 5.74) is 3.25. The molecule has 0 aliphatic carbocycles. The first-order chi connectivity index (χ1) is 12.5. The highest BCUT2D eigenvalue weighted by Gasteiger charge is 2.08.